The highest BCUT2D eigenvalue weighted by Crippen LogP contribution is 2.15. The Hall–Kier alpha value is -1.89. The molecule has 1 fully saturated rings. The molecule has 1 atom stereocenters. The lowest BCUT2D eigenvalue weighted by atomic mass is 10.3. The summed E-state index contributed by atoms with van der Waals surface area (Å²) in [5.74, 6) is -0.521. The highest BCUT2D eigenvalue weighted by molar-refractivity contribution is 5.93. The van der Waals surface area contributed by atoms with E-state index in [-0.39, 0.29) is 24.0 Å². The Kier molecular flexibility index (Phi) is 2.61. The van der Waals surface area contributed by atoms with Crippen LogP contribution in [-0.4, -0.2) is 45.0 Å². The Morgan fingerprint density at radius 3 is 2.88 bits per heavy atom. The van der Waals surface area contributed by atoms with Gasteiger partial charge in [0.05, 0.1) is 6.10 Å². The van der Waals surface area contributed by atoms with Crippen LogP contribution in [0.3, 0.4) is 0 Å². The van der Waals surface area contributed by atoms with E-state index >= 15 is 0 Å². The fourth-order valence-electron chi connectivity index (χ4n) is 1.71. The van der Waals surface area contributed by atoms with Crippen LogP contribution < -0.4 is 0 Å². The van der Waals surface area contributed by atoms with Crippen molar-refractivity contribution in [3.05, 3.63) is 27.9 Å². The summed E-state index contributed by atoms with van der Waals surface area (Å²) in [5, 5.41) is 19.7. The maximum absolute atomic E-state index is 11.8. The smallest absolute Gasteiger partial charge is 0.321 e. The number of hydrogen-bond acceptors (Lipinski definition) is 4. The molecule has 2 heterocycles. The van der Waals surface area contributed by atoms with Crippen LogP contribution in [0.15, 0.2) is 12.1 Å². The second-order valence-corrected chi connectivity index (χ2v) is 3.71. The molecule has 86 valence electrons. The van der Waals surface area contributed by atoms with E-state index in [0.717, 1.165) is 0 Å². The third kappa shape index (κ3) is 1.89. The molecule has 2 N–H and O–H groups in total. The van der Waals surface area contributed by atoms with Crippen molar-refractivity contribution in [3.63, 3.8) is 0 Å². The number of rotatable bonds is 2. The van der Waals surface area contributed by atoms with Gasteiger partial charge < -0.3 is 20.1 Å². The Morgan fingerprint density at radius 1 is 1.62 bits per heavy atom. The van der Waals surface area contributed by atoms with Crippen molar-refractivity contribution < 1.29 is 14.8 Å². The number of aromatic amines is 1. The van der Waals surface area contributed by atoms with Gasteiger partial charge in [-0.05, 0) is 17.4 Å². The first-order chi connectivity index (χ1) is 7.58. The van der Waals surface area contributed by atoms with Crippen LogP contribution in [0.5, 0.6) is 0 Å². The van der Waals surface area contributed by atoms with Crippen molar-refractivity contribution in [2.45, 2.75) is 12.5 Å². The van der Waals surface area contributed by atoms with Gasteiger partial charge in [0.15, 0.2) is 5.69 Å². The molecule has 0 bridgehead atoms. The molecule has 0 unspecified atom stereocenters. The number of hydrogen-bond donors (Lipinski definition) is 2. The fraction of sp³-hybridized carbons (Fsp3) is 0.444. The first-order valence-electron chi connectivity index (χ1n) is 4.88. The lowest BCUT2D eigenvalue weighted by molar-refractivity contribution is -0.389. The van der Waals surface area contributed by atoms with Crippen LogP contribution in [0.25, 0.3) is 0 Å². The maximum atomic E-state index is 11.8. The summed E-state index contributed by atoms with van der Waals surface area (Å²) in [6, 6.07) is 2.63. The minimum atomic E-state index is -0.588. The molecule has 0 spiro atoms. The van der Waals surface area contributed by atoms with Gasteiger partial charge >= 0.3 is 5.82 Å². The van der Waals surface area contributed by atoms with E-state index in [9.17, 15) is 20.0 Å². The monoisotopic (exact) mass is 225 g/mol. The number of β-amino-alcohol motifs (C(OH)–C–C–N with tert-alkyl or cyclic N) is 1. The van der Waals surface area contributed by atoms with E-state index in [1.807, 2.05) is 0 Å². The minimum Gasteiger partial charge on any atom is -0.391 e. The third-order valence-corrected chi connectivity index (χ3v) is 2.55. The van der Waals surface area contributed by atoms with Crippen molar-refractivity contribution in [1.82, 2.24) is 9.88 Å². The first kappa shape index (κ1) is 10.6. The Labute approximate surface area is 90.8 Å². The van der Waals surface area contributed by atoms with E-state index in [4.69, 9.17) is 0 Å². The lowest BCUT2D eigenvalue weighted by Gasteiger charge is -2.12. The highest BCUT2D eigenvalue weighted by atomic mass is 16.6. The molecule has 2 rings (SSSR count). The SMILES string of the molecule is O=C(c1ccc([N+](=O)[O-])[nH]1)N1CC[C@H](O)C1. The number of amides is 1. The average molecular weight is 225 g/mol. The predicted molar refractivity (Wildman–Crippen MR) is 54.0 cm³/mol. The van der Waals surface area contributed by atoms with Gasteiger partial charge in [0.1, 0.15) is 0 Å². The van der Waals surface area contributed by atoms with Gasteiger partial charge in [-0.15, -0.1) is 0 Å². The van der Waals surface area contributed by atoms with Crippen LogP contribution in [-0.2, 0) is 0 Å². The molecular formula is C9H11N3O4. The molecule has 1 aromatic heterocycles. The van der Waals surface area contributed by atoms with E-state index < -0.39 is 11.0 Å². The topological polar surface area (TPSA) is 99.5 Å². The summed E-state index contributed by atoms with van der Waals surface area (Å²) < 4.78 is 0. The van der Waals surface area contributed by atoms with E-state index in [0.29, 0.717) is 13.0 Å². The Balaban J connectivity index is 2.11. The molecule has 7 heteroatoms. The van der Waals surface area contributed by atoms with E-state index in [1.165, 1.54) is 17.0 Å². The molecule has 0 aliphatic carbocycles. The minimum absolute atomic E-state index is 0.181. The largest absolute Gasteiger partial charge is 0.391 e. The second-order valence-electron chi connectivity index (χ2n) is 3.71. The van der Waals surface area contributed by atoms with E-state index in [2.05, 4.69) is 4.98 Å². The Morgan fingerprint density at radius 2 is 2.38 bits per heavy atom. The summed E-state index contributed by atoms with van der Waals surface area (Å²) in [6.07, 6.45) is 0.0584. The van der Waals surface area contributed by atoms with Crippen molar-refractivity contribution >= 4 is 11.7 Å². The number of nitro groups is 1. The molecule has 16 heavy (non-hydrogen) atoms. The molecule has 0 saturated carbocycles. The first-order valence-corrected chi connectivity index (χ1v) is 4.88. The summed E-state index contributed by atoms with van der Waals surface area (Å²) in [7, 11) is 0. The zero-order chi connectivity index (χ0) is 11.7. The number of nitrogens with one attached hydrogen (secondary N) is 1. The lowest BCUT2D eigenvalue weighted by Crippen LogP contribution is -2.29. The van der Waals surface area contributed by atoms with Gasteiger partial charge in [-0.3, -0.25) is 4.79 Å². The van der Waals surface area contributed by atoms with Crippen LogP contribution in [0.1, 0.15) is 16.9 Å². The maximum Gasteiger partial charge on any atom is 0.321 e. The zero-order valence-electron chi connectivity index (χ0n) is 8.42. The van der Waals surface area contributed by atoms with Crippen molar-refractivity contribution in [2.24, 2.45) is 0 Å². The standard InChI is InChI=1S/C9H11N3O4/c13-6-3-4-11(5-6)9(14)7-1-2-8(10-7)12(15)16/h1-2,6,10,13H,3-5H2/t6-/m0/s1. The van der Waals surface area contributed by atoms with Gasteiger partial charge in [0.2, 0.25) is 0 Å². The molecule has 7 nitrogen and oxygen atoms in total. The molecular weight excluding hydrogens is 214 g/mol. The number of aliphatic hydroxyl groups excluding tert-OH is 1. The molecule has 1 aliphatic heterocycles. The quantitative estimate of drug-likeness (QED) is 0.552. The van der Waals surface area contributed by atoms with Gasteiger partial charge in [0.25, 0.3) is 5.91 Å². The van der Waals surface area contributed by atoms with Crippen LogP contribution in [0.2, 0.25) is 0 Å². The fourth-order valence-corrected chi connectivity index (χ4v) is 1.71. The van der Waals surface area contributed by atoms with Gasteiger partial charge in [-0.25, -0.2) is 4.98 Å². The van der Waals surface area contributed by atoms with Crippen LogP contribution in [0, 0.1) is 10.1 Å². The summed E-state index contributed by atoms with van der Waals surface area (Å²) >= 11 is 0. The summed E-state index contributed by atoms with van der Waals surface area (Å²) in [6.45, 7) is 0.762. The molecule has 0 aromatic carbocycles. The molecule has 1 saturated heterocycles. The van der Waals surface area contributed by atoms with Gasteiger partial charge in [-0.2, -0.15) is 0 Å². The molecule has 1 aliphatic rings. The highest BCUT2D eigenvalue weighted by Gasteiger charge is 2.28. The molecule has 0 radical (unpaired) electrons. The van der Waals surface area contributed by atoms with Crippen LogP contribution in [0.4, 0.5) is 5.82 Å². The molecule has 1 aromatic rings. The van der Waals surface area contributed by atoms with E-state index in [1.54, 1.807) is 0 Å². The summed E-state index contributed by atoms with van der Waals surface area (Å²) in [5.41, 5.74) is 0.181. The third-order valence-electron chi connectivity index (χ3n) is 2.55. The normalized spacial score (nSPS) is 20.1. The number of carbonyl (C=O) groups excluding carboxylic acids is 1. The average Bonchev–Trinajstić information content (AvgIpc) is 2.84. The number of nitrogens with zero attached hydrogens (tertiary/aromatic N) is 2. The number of aliphatic hydroxyl groups is 1. The van der Waals surface area contributed by atoms with Gasteiger partial charge in [0, 0.05) is 19.2 Å². The molecule has 1 amide bonds. The number of aromatic nitrogens is 1. The number of H-pyrrole nitrogens is 1. The van der Waals surface area contributed by atoms with Gasteiger partial charge in [-0.1, -0.05) is 0 Å². The van der Waals surface area contributed by atoms with Crippen molar-refractivity contribution in [1.29, 1.82) is 0 Å². The summed E-state index contributed by atoms with van der Waals surface area (Å²) in [4.78, 5) is 25.5. The zero-order valence-corrected chi connectivity index (χ0v) is 8.42. The Bertz CT molecular complexity index is 428. The van der Waals surface area contributed by atoms with Crippen molar-refractivity contribution in [2.75, 3.05) is 13.1 Å². The van der Waals surface area contributed by atoms with Crippen molar-refractivity contribution in [3.8, 4) is 0 Å². The van der Waals surface area contributed by atoms with Crippen LogP contribution >= 0.6 is 0 Å². The second kappa shape index (κ2) is 3.93. The number of carbonyl (C=O) groups is 1. The number of likely N-dealkylation sites (tertiary alicyclic amines) is 1. The predicted octanol–water partition coefficient (Wildman–Crippen LogP) is 0.130.